The minimum atomic E-state index is -0.248. The molecule has 0 bridgehead atoms. The van der Waals surface area contributed by atoms with Gasteiger partial charge in [0.05, 0.1) is 6.54 Å². The van der Waals surface area contributed by atoms with Crippen LogP contribution in [0.5, 0.6) is 11.5 Å². The van der Waals surface area contributed by atoms with E-state index in [0.29, 0.717) is 13.2 Å². The molecule has 0 aromatic heterocycles. The molecule has 24 heavy (non-hydrogen) atoms. The van der Waals surface area contributed by atoms with Crippen molar-refractivity contribution in [3.05, 3.63) is 24.3 Å². The van der Waals surface area contributed by atoms with Gasteiger partial charge in [-0.25, -0.2) is 0 Å². The highest BCUT2D eigenvalue weighted by molar-refractivity contribution is 5.84. The number of nitrogens with one attached hydrogen (secondary N) is 2. The number of amides is 2. The number of likely N-dealkylation sites (N-methyl/N-ethyl adjacent to an activating group) is 1. The minimum Gasteiger partial charge on any atom is -0.486 e. The standard InChI is InChI=1S/C17H23N3O4/c1-20(10-16(21)18-19-17(22)12-5-4-6-12)9-13-11-23-14-7-2-3-8-15(14)24-13/h2-3,7-8,12-13H,4-6,9-11H2,1H3,(H,18,21)(H,19,22)/t13-/m0/s1. The second kappa shape index (κ2) is 7.53. The lowest BCUT2D eigenvalue weighted by molar-refractivity contribution is -0.133. The van der Waals surface area contributed by atoms with E-state index < -0.39 is 0 Å². The summed E-state index contributed by atoms with van der Waals surface area (Å²) in [5, 5.41) is 0. The van der Waals surface area contributed by atoms with Crippen molar-refractivity contribution >= 4 is 11.8 Å². The van der Waals surface area contributed by atoms with E-state index in [2.05, 4.69) is 10.9 Å². The summed E-state index contributed by atoms with van der Waals surface area (Å²) in [6, 6.07) is 7.53. The highest BCUT2D eigenvalue weighted by Crippen LogP contribution is 2.30. The quantitative estimate of drug-likeness (QED) is 0.776. The smallest absolute Gasteiger partial charge is 0.252 e. The zero-order chi connectivity index (χ0) is 16.9. The maximum Gasteiger partial charge on any atom is 0.252 e. The molecule has 2 amide bonds. The van der Waals surface area contributed by atoms with Crippen LogP contribution in [-0.2, 0) is 9.59 Å². The van der Waals surface area contributed by atoms with Crippen LogP contribution >= 0.6 is 0 Å². The van der Waals surface area contributed by atoms with Crippen molar-refractivity contribution < 1.29 is 19.1 Å². The number of benzene rings is 1. The van der Waals surface area contributed by atoms with E-state index in [4.69, 9.17) is 9.47 Å². The molecule has 0 saturated heterocycles. The molecule has 1 aromatic carbocycles. The highest BCUT2D eigenvalue weighted by Gasteiger charge is 2.26. The Kier molecular flexibility index (Phi) is 5.20. The predicted octanol–water partition coefficient (Wildman–Crippen LogP) is 0.706. The number of para-hydroxylation sites is 2. The van der Waals surface area contributed by atoms with Crippen LogP contribution in [0.4, 0.5) is 0 Å². The molecule has 1 aliphatic carbocycles. The molecule has 0 spiro atoms. The van der Waals surface area contributed by atoms with Gasteiger partial charge in [-0.3, -0.25) is 25.3 Å². The third kappa shape index (κ3) is 4.17. The van der Waals surface area contributed by atoms with E-state index in [1.165, 1.54) is 0 Å². The molecule has 1 atom stereocenters. The average molecular weight is 333 g/mol. The Hall–Kier alpha value is -2.28. The molecular formula is C17H23N3O4. The number of hydrogen-bond acceptors (Lipinski definition) is 5. The fourth-order valence-corrected chi connectivity index (χ4v) is 2.75. The van der Waals surface area contributed by atoms with Gasteiger partial charge in [0.15, 0.2) is 11.5 Å². The molecule has 2 aliphatic rings. The summed E-state index contributed by atoms with van der Waals surface area (Å²) in [4.78, 5) is 25.4. The maximum absolute atomic E-state index is 11.9. The lowest BCUT2D eigenvalue weighted by atomic mass is 9.85. The van der Waals surface area contributed by atoms with E-state index in [9.17, 15) is 9.59 Å². The Bertz CT molecular complexity index is 603. The van der Waals surface area contributed by atoms with Crippen LogP contribution in [0.15, 0.2) is 24.3 Å². The number of fused-ring (bicyclic) bond motifs is 1. The van der Waals surface area contributed by atoms with Gasteiger partial charge in [-0.05, 0) is 32.0 Å². The first kappa shape index (κ1) is 16.6. The second-order valence-corrected chi connectivity index (χ2v) is 6.36. The average Bonchev–Trinajstić information content (AvgIpc) is 2.51. The Morgan fingerprint density at radius 2 is 1.96 bits per heavy atom. The minimum absolute atomic E-state index is 0.0517. The number of hydrogen-bond donors (Lipinski definition) is 2. The van der Waals surface area contributed by atoms with Crippen LogP contribution in [0.3, 0.4) is 0 Å². The molecule has 7 heteroatoms. The van der Waals surface area contributed by atoms with Crippen LogP contribution in [0.2, 0.25) is 0 Å². The normalized spacial score (nSPS) is 19.5. The molecule has 1 fully saturated rings. The largest absolute Gasteiger partial charge is 0.486 e. The first-order valence-corrected chi connectivity index (χ1v) is 8.27. The number of carbonyl (C=O) groups excluding carboxylic acids is 2. The van der Waals surface area contributed by atoms with Crippen LogP contribution in [-0.4, -0.2) is 49.6 Å². The monoisotopic (exact) mass is 333 g/mol. The van der Waals surface area contributed by atoms with Gasteiger partial charge in [0.25, 0.3) is 5.91 Å². The molecule has 0 radical (unpaired) electrons. The summed E-state index contributed by atoms with van der Waals surface area (Å²) in [7, 11) is 1.83. The summed E-state index contributed by atoms with van der Waals surface area (Å²) in [5.41, 5.74) is 4.95. The first-order valence-electron chi connectivity index (χ1n) is 8.27. The van der Waals surface area contributed by atoms with Crippen LogP contribution < -0.4 is 20.3 Å². The SMILES string of the molecule is CN(CC(=O)NNC(=O)C1CCC1)C[C@H]1COc2ccccc2O1. The molecule has 1 aliphatic heterocycles. The van der Waals surface area contributed by atoms with Gasteiger partial charge >= 0.3 is 0 Å². The summed E-state index contributed by atoms with van der Waals surface area (Å²) in [5.74, 6) is 1.17. The van der Waals surface area contributed by atoms with E-state index in [-0.39, 0.29) is 30.4 Å². The molecule has 0 unspecified atom stereocenters. The van der Waals surface area contributed by atoms with Gasteiger partial charge in [-0.2, -0.15) is 0 Å². The summed E-state index contributed by atoms with van der Waals surface area (Å²) in [6.07, 6.45) is 2.76. The summed E-state index contributed by atoms with van der Waals surface area (Å²) >= 11 is 0. The van der Waals surface area contributed by atoms with Crippen molar-refractivity contribution in [2.45, 2.75) is 25.4 Å². The second-order valence-electron chi connectivity index (χ2n) is 6.36. The van der Waals surface area contributed by atoms with E-state index >= 15 is 0 Å². The molecular weight excluding hydrogens is 310 g/mol. The summed E-state index contributed by atoms with van der Waals surface area (Å²) < 4.78 is 11.5. The lowest BCUT2D eigenvalue weighted by Gasteiger charge is -2.29. The van der Waals surface area contributed by atoms with Crippen molar-refractivity contribution in [2.75, 3.05) is 26.7 Å². The van der Waals surface area contributed by atoms with Crippen LogP contribution in [0, 0.1) is 5.92 Å². The molecule has 3 rings (SSSR count). The molecule has 130 valence electrons. The zero-order valence-electron chi connectivity index (χ0n) is 13.8. The Morgan fingerprint density at radius 1 is 1.21 bits per heavy atom. The van der Waals surface area contributed by atoms with Gasteiger partial charge in [0, 0.05) is 12.5 Å². The molecule has 1 saturated carbocycles. The molecule has 1 aromatic rings. The van der Waals surface area contributed by atoms with Crippen molar-refractivity contribution in [1.29, 1.82) is 0 Å². The van der Waals surface area contributed by atoms with E-state index in [1.54, 1.807) is 0 Å². The van der Waals surface area contributed by atoms with Gasteiger partial charge in [0.1, 0.15) is 12.7 Å². The Labute approximate surface area is 141 Å². The molecule has 2 N–H and O–H groups in total. The highest BCUT2D eigenvalue weighted by atomic mass is 16.6. The topological polar surface area (TPSA) is 79.9 Å². The Morgan fingerprint density at radius 3 is 2.67 bits per heavy atom. The fraction of sp³-hybridized carbons (Fsp3) is 0.529. The van der Waals surface area contributed by atoms with Gasteiger partial charge in [0.2, 0.25) is 5.91 Å². The number of hydrazine groups is 1. The number of nitrogens with zero attached hydrogens (tertiary/aromatic N) is 1. The third-order valence-electron chi connectivity index (χ3n) is 4.30. The van der Waals surface area contributed by atoms with E-state index in [0.717, 1.165) is 30.8 Å². The van der Waals surface area contributed by atoms with Crippen molar-refractivity contribution in [3.8, 4) is 11.5 Å². The number of carbonyl (C=O) groups is 2. The first-order chi connectivity index (χ1) is 11.6. The third-order valence-corrected chi connectivity index (χ3v) is 4.30. The zero-order valence-corrected chi connectivity index (χ0v) is 13.8. The number of ether oxygens (including phenoxy) is 2. The maximum atomic E-state index is 11.9. The van der Waals surface area contributed by atoms with Gasteiger partial charge in [-0.1, -0.05) is 18.6 Å². The Balaban J connectivity index is 1.38. The van der Waals surface area contributed by atoms with Gasteiger partial charge in [-0.15, -0.1) is 0 Å². The predicted molar refractivity (Wildman–Crippen MR) is 87.5 cm³/mol. The van der Waals surface area contributed by atoms with Crippen LogP contribution in [0.25, 0.3) is 0 Å². The molecule has 1 heterocycles. The van der Waals surface area contributed by atoms with E-state index in [1.807, 2.05) is 36.2 Å². The molecule has 7 nitrogen and oxygen atoms in total. The lowest BCUT2D eigenvalue weighted by Crippen LogP contribution is -2.50. The van der Waals surface area contributed by atoms with Crippen molar-refractivity contribution in [2.24, 2.45) is 5.92 Å². The number of rotatable bonds is 5. The fourth-order valence-electron chi connectivity index (χ4n) is 2.75. The van der Waals surface area contributed by atoms with Gasteiger partial charge < -0.3 is 9.47 Å². The van der Waals surface area contributed by atoms with Crippen LogP contribution in [0.1, 0.15) is 19.3 Å². The van der Waals surface area contributed by atoms with Crippen molar-refractivity contribution in [3.63, 3.8) is 0 Å². The van der Waals surface area contributed by atoms with Crippen molar-refractivity contribution in [1.82, 2.24) is 15.8 Å². The summed E-state index contributed by atoms with van der Waals surface area (Å²) in [6.45, 7) is 1.17.